The van der Waals surface area contributed by atoms with Crippen molar-refractivity contribution in [2.45, 2.75) is 30.0 Å². The Morgan fingerprint density at radius 3 is 2.48 bits per heavy atom. The molecule has 1 amide bonds. The number of hydrogen-bond donors (Lipinski definition) is 1. The standard InChI is InChI=1S/C16H22N2O5S2/c1-11-10-17(8-9-18(11)25(3,22)23)15(19)13-6-4-5-7-14(13)24-12(2)16(20)21/h4-7,11-12H,8-10H2,1-3H3,(H,20,21)/t11-,12?/m0/s1. The molecule has 1 aliphatic rings. The summed E-state index contributed by atoms with van der Waals surface area (Å²) in [7, 11) is -3.30. The number of carboxylic acid groups (broad SMARTS) is 1. The molecule has 0 aliphatic carbocycles. The van der Waals surface area contributed by atoms with Crippen molar-refractivity contribution in [3.8, 4) is 0 Å². The first-order valence-corrected chi connectivity index (χ1v) is 10.6. The van der Waals surface area contributed by atoms with E-state index in [1.165, 1.54) is 10.6 Å². The molecule has 1 saturated heterocycles. The summed E-state index contributed by atoms with van der Waals surface area (Å²) >= 11 is 1.12. The van der Waals surface area contributed by atoms with E-state index in [2.05, 4.69) is 0 Å². The monoisotopic (exact) mass is 386 g/mol. The van der Waals surface area contributed by atoms with Gasteiger partial charge in [-0.15, -0.1) is 11.8 Å². The van der Waals surface area contributed by atoms with Gasteiger partial charge in [-0.3, -0.25) is 9.59 Å². The molecule has 0 aromatic heterocycles. The molecule has 1 aromatic rings. The number of amides is 1. The molecular weight excluding hydrogens is 364 g/mol. The molecule has 1 aliphatic heterocycles. The lowest BCUT2D eigenvalue weighted by molar-refractivity contribution is -0.136. The van der Waals surface area contributed by atoms with E-state index in [0.29, 0.717) is 23.5 Å². The van der Waals surface area contributed by atoms with E-state index in [4.69, 9.17) is 5.11 Å². The van der Waals surface area contributed by atoms with E-state index in [0.717, 1.165) is 11.8 Å². The molecule has 9 heteroatoms. The van der Waals surface area contributed by atoms with Crippen LogP contribution in [0, 0.1) is 0 Å². The predicted molar refractivity (Wildman–Crippen MR) is 96.3 cm³/mol. The molecule has 1 aromatic carbocycles. The quantitative estimate of drug-likeness (QED) is 0.768. The highest BCUT2D eigenvalue weighted by Gasteiger charge is 2.32. The van der Waals surface area contributed by atoms with E-state index < -0.39 is 21.2 Å². The van der Waals surface area contributed by atoms with Gasteiger partial charge in [0.25, 0.3) is 5.91 Å². The Labute approximate surface area is 152 Å². The predicted octanol–water partition coefficient (Wildman–Crippen LogP) is 1.36. The first kappa shape index (κ1) is 19.7. The van der Waals surface area contributed by atoms with Gasteiger partial charge in [0.15, 0.2) is 0 Å². The summed E-state index contributed by atoms with van der Waals surface area (Å²) in [5.41, 5.74) is 0.445. The minimum Gasteiger partial charge on any atom is -0.480 e. The van der Waals surface area contributed by atoms with Crippen LogP contribution in [-0.2, 0) is 14.8 Å². The first-order valence-electron chi connectivity index (χ1n) is 7.86. The van der Waals surface area contributed by atoms with Crippen molar-refractivity contribution in [1.82, 2.24) is 9.21 Å². The summed E-state index contributed by atoms with van der Waals surface area (Å²) in [5.74, 6) is -1.15. The van der Waals surface area contributed by atoms with Crippen LogP contribution in [0.2, 0.25) is 0 Å². The Kier molecular flexibility index (Phi) is 6.12. The Balaban J connectivity index is 2.18. The number of aliphatic carboxylic acids is 1. The lowest BCUT2D eigenvalue weighted by atomic mass is 10.1. The molecular formula is C16H22N2O5S2. The van der Waals surface area contributed by atoms with Gasteiger partial charge in [0.05, 0.1) is 11.8 Å². The number of carbonyl (C=O) groups excluding carboxylic acids is 1. The van der Waals surface area contributed by atoms with Crippen LogP contribution in [0.1, 0.15) is 24.2 Å². The van der Waals surface area contributed by atoms with Gasteiger partial charge in [0, 0.05) is 30.6 Å². The minimum atomic E-state index is -3.30. The highest BCUT2D eigenvalue weighted by molar-refractivity contribution is 8.00. The van der Waals surface area contributed by atoms with Crippen LogP contribution >= 0.6 is 11.8 Å². The van der Waals surface area contributed by atoms with Gasteiger partial charge in [0.1, 0.15) is 5.25 Å². The Morgan fingerprint density at radius 2 is 1.92 bits per heavy atom. The molecule has 138 valence electrons. The highest BCUT2D eigenvalue weighted by atomic mass is 32.2. The number of rotatable bonds is 5. The van der Waals surface area contributed by atoms with Gasteiger partial charge in [0.2, 0.25) is 10.0 Å². The third-order valence-electron chi connectivity index (χ3n) is 4.05. The van der Waals surface area contributed by atoms with Gasteiger partial charge in [-0.05, 0) is 26.0 Å². The molecule has 1 heterocycles. The van der Waals surface area contributed by atoms with Crippen molar-refractivity contribution >= 4 is 33.7 Å². The normalized spacial score (nSPS) is 20.3. The second-order valence-electron chi connectivity index (χ2n) is 6.07. The molecule has 0 spiro atoms. The van der Waals surface area contributed by atoms with Gasteiger partial charge in [-0.1, -0.05) is 12.1 Å². The molecule has 0 radical (unpaired) electrons. The number of piperazine rings is 1. The van der Waals surface area contributed by atoms with E-state index in [9.17, 15) is 18.0 Å². The molecule has 0 saturated carbocycles. The number of hydrogen-bond acceptors (Lipinski definition) is 5. The summed E-state index contributed by atoms with van der Waals surface area (Å²) in [4.78, 5) is 26.2. The maximum atomic E-state index is 12.9. The maximum Gasteiger partial charge on any atom is 0.316 e. The van der Waals surface area contributed by atoms with Gasteiger partial charge in [-0.2, -0.15) is 4.31 Å². The number of nitrogens with zero attached hydrogens (tertiary/aromatic N) is 2. The molecule has 1 fully saturated rings. The molecule has 25 heavy (non-hydrogen) atoms. The SMILES string of the molecule is CC(Sc1ccccc1C(=O)N1CCN(S(C)(=O)=O)[C@@H](C)C1)C(=O)O. The van der Waals surface area contributed by atoms with Crippen LogP contribution < -0.4 is 0 Å². The van der Waals surface area contributed by atoms with Gasteiger partial charge in [-0.25, -0.2) is 8.42 Å². The maximum absolute atomic E-state index is 12.9. The zero-order valence-corrected chi connectivity index (χ0v) is 16.0. The average molecular weight is 386 g/mol. The molecule has 2 rings (SSSR count). The third kappa shape index (κ3) is 4.74. The van der Waals surface area contributed by atoms with Gasteiger partial charge < -0.3 is 10.0 Å². The molecule has 2 atom stereocenters. The zero-order chi connectivity index (χ0) is 18.8. The fourth-order valence-electron chi connectivity index (χ4n) is 2.78. The number of carboxylic acids is 1. The van der Waals surface area contributed by atoms with Crippen LogP contribution in [0.15, 0.2) is 29.2 Å². The summed E-state index contributed by atoms with van der Waals surface area (Å²) in [6.07, 6.45) is 1.17. The Hall–Kier alpha value is -1.58. The van der Waals surface area contributed by atoms with Crippen molar-refractivity contribution in [2.24, 2.45) is 0 Å². The van der Waals surface area contributed by atoms with Crippen LogP contribution in [-0.4, -0.2) is 71.8 Å². The van der Waals surface area contributed by atoms with Crippen molar-refractivity contribution in [3.05, 3.63) is 29.8 Å². The van der Waals surface area contributed by atoms with Crippen LogP contribution in [0.3, 0.4) is 0 Å². The fourth-order valence-corrected chi connectivity index (χ4v) is 4.83. The average Bonchev–Trinajstić information content (AvgIpc) is 2.53. The number of carbonyl (C=O) groups is 2. The topological polar surface area (TPSA) is 95.0 Å². The van der Waals surface area contributed by atoms with E-state index in [1.54, 1.807) is 43.0 Å². The highest BCUT2D eigenvalue weighted by Crippen LogP contribution is 2.28. The summed E-state index contributed by atoms with van der Waals surface area (Å²) in [6, 6.07) is 6.60. The largest absolute Gasteiger partial charge is 0.480 e. The first-order chi connectivity index (χ1) is 11.6. The Bertz CT molecular complexity index is 766. The molecule has 7 nitrogen and oxygen atoms in total. The lowest BCUT2D eigenvalue weighted by Gasteiger charge is -2.38. The number of benzene rings is 1. The smallest absolute Gasteiger partial charge is 0.316 e. The summed E-state index contributed by atoms with van der Waals surface area (Å²) in [5, 5.41) is 8.41. The number of thioether (sulfide) groups is 1. The summed E-state index contributed by atoms with van der Waals surface area (Å²) in [6.45, 7) is 4.21. The zero-order valence-electron chi connectivity index (χ0n) is 14.4. The third-order valence-corrected chi connectivity index (χ3v) is 6.61. The van der Waals surface area contributed by atoms with Crippen LogP contribution in [0.25, 0.3) is 0 Å². The van der Waals surface area contributed by atoms with Crippen molar-refractivity contribution < 1.29 is 23.1 Å². The minimum absolute atomic E-state index is 0.208. The summed E-state index contributed by atoms with van der Waals surface area (Å²) < 4.78 is 24.9. The second-order valence-corrected chi connectivity index (χ2v) is 9.39. The van der Waals surface area contributed by atoms with Crippen LogP contribution in [0.4, 0.5) is 0 Å². The van der Waals surface area contributed by atoms with Crippen LogP contribution in [0.5, 0.6) is 0 Å². The van der Waals surface area contributed by atoms with Crippen molar-refractivity contribution in [1.29, 1.82) is 0 Å². The van der Waals surface area contributed by atoms with E-state index in [1.807, 2.05) is 0 Å². The van der Waals surface area contributed by atoms with Crippen molar-refractivity contribution in [2.75, 3.05) is 25.9 Å². The fraction of sp³-hybridized carbons (Fsp3) is 0.500. The van der Waals surface area contributed by atoms with E-state index >= 15 is 0 Å². The molecule has 0 bridgehead atoms. The molecule has 1 unspecified atom stereocenters. The van der Waals surface area contributed by atoms with E-state index in [-0.39, 0.29) is 18.5 Å². The molecule has 1 N–H and O–H groups in total. The number of sulfonamides is 1. The lowest BCUT2D eigenvalue weighted by Crippen LogP contribution is -2.55. The van der Waals surface area contributed by atoms with Crippen molar-refractivity contribution in [3.63, 3.8) is 0 Å². The van der Waals surface area contributed by atoms with Gasteiger partial charge >= 0.3 is 5.97 Å². The Morgan fingerprint density at radius 1 is 1.28 bits per heavy atom. The second kappa shape index (κ2) is 7.76.